The van der Waals surface area contributed by atoms with E-state index in [1.165, 1.54) is 24.5 Å². The van der Waals surface area contributed by atoms with Gasteiger partial charge in [0.15, 0.2) is 11.5 Å². The average Bonchev–Trinajstić information content (AvgIpc) is 2.79. The largest absolute Gasteiger partial charge is 0.497 e. The Morgan fingerprint density at radius 1 is 0.969 bits per heavy atom. The van der Waals surface area contributed by atoms with E-state index in [4.69, 9.17) is 23.7 Å². The minimum Gasteiger partial charge on any atom is -0.497 e. The third kappa shape index (κ3) is 3.92. The fraction of sp³-hybridized carbons (Fsp3) is 0.273. The lowest BCUT2D eigenvalue weighted by atomic mass is 9.99. The Kier molecular flexibility index (Phi) is 5.85. The molecule has 2 heterocycles. The maximum atomic E-state index is 12.9. The van der Waals surface area contributed by atoms with Crippen LogP contribution in [0.15, 0.2) is 57.9 Å². The number of methoxy groups -OCH3 is 1. The molecule has 0 radical (unpaired) electrons. The third-order valence-electron chi connectivity index (χ3n) is 5.21. The van der Waals surface area contributed by atoms with E-state index in [1.54, 1.807) is 31.4 Å². The Morgan fingerprint density at radius 3 is 2.31 bits per heavy atom. The summed E-state index contributed by atoms with van der Waals surface area (Å²) in [5.41, 5.74) is 0.904. The van der Waals surface area contributed by atoms with Gasteiger partial charge in [0, 0.05) is 6.07 Å². The molecule has 10 heteroatoms. The van der Waals surface area contributed by atoms with Gasteiger partial charge in [-0.2, -0.15) is 0 Å². The molecule has 168 valence electrons. The number of ether oxygens (including phenoxy) is 3. The third-order valence-corrected chi connectivity index (χ3v) is 5.21. The van der Waals surface area contributed by atoms with Gasteiger partial charge in [-0.15, -0.1) is 0 Å². The number of hydrogen-bond donors (Lipinski definition) is 4. The van der Waals surface area contributed by atoms with Gasteiger partial charge in [0.2, 0.25) is 6.29 Å². The SMILES string of the molecule is COc1ccc(-c2coc3cc(O[C@@H]4O[C@@H](C(=O)O)[C@@H](O)[C@H](O)[C@@H]4O)ccc3c2=O)cc1. The molecule has 2 aromatic carbocycles. The van der Waals surface area contributed by atoms with Crippen molar-refractivity contribution in [2.75, 3.05) is 7.11 Å². The molecule has 0 aliphatic carbocycles. The van der Waals surface area contributed by atoms with Gasteiger partial charge in [-0.25, -0.2) is 4.79 Å². The van der Waals surface area contributed by atoms with Gasteiger partial charge in [-0.05, 0) is 29.8 Å². The molecule has 0 spiro atoms. The van der Waals surface area contributed by atoms with Crippen molar-refractivity contribution in [2.24, 2.45) is 0 Å². The number of aliphatic hydroxyl groups excluding tert-OH is 3. The summed E-state index contributed by atoms with van der Waals surface area (Å²) in [5.74, 6) is -0.780. The molecule has 32 heavy (non-hydrogen) atoms. The van der Waals surface area contributed by atoms with Crippen LogP contribution in [-0.2, 0) is 9.53 Å². The van der Waals surface area contributed by atoms with Crippen LogP contribution < -0.4 is 14.9 Å². The van der Waals surface area contributed by atoms with Gasteiger partial charge >= 0.3 is 5.97 Å². The minimum absolute atomic E-state index is 0.0922. The molecule has 1 fully saturated rings. The number of carbonyl (C=O) groups is 1. The normalized spacial score (nSPS) is 25.4. The van der Waals surface area contributed by atoms with E-state index in [2.05, 4.69) is 0 Å². The maximum Gasteiger partial charge on any atom is 0.335 e. The van der Waals surface area contributed by atoms with E-state index < -0.39 is 36.7 Å². The van der Waals surface area contributed by atoms with E-state index in [0.717, 1.165) is 0 Å². The molecule has 4 N–H and O–H groups in total. The molecule has 1 saturated heterocycles. The Hall–Kier alpha value is -3.44. The molecular weight excluding hydrogens is 424 g/mol. The Bertz CT molecular complexity index is 1190. The number of rotatable bonds is 5. The van der Waals surface area contributed by atoms with E-state index in [0.29, 0.717) is 16.9 Å². The summed E-state index contributed by atoms with van der Waals surface area (Å²) in [4.78, 5) is 24.1. The van der Waals surface area contributed by atoms with Crippen molar-refractivity contribution < 1.29 is 43.8 Å². The number of carboxylic acid groups (broad SMARTS) is 1. The van der Waals surface area contributed by atoms with Gasteiger partial charge < -0.3 is 39.1 Å². The van der Waals surface area contributed by atoms with Crippen LogP contribution in [-0.4, -0.2) is 64.2 Å². The van der Waals surface area contributed by atoms with Crippen molar-refractivity contribution in [3.05, 3.63) is 59.0 Å². The van der Waals surface area contributed by atoms with Gasteiger partial charge in [-0.1, -0.05) is 12.1 Å². The topological polar surface area (TPSA) is 156 Å². The number of benzene rings is 2. The van der Waals surface area contributed by atoms with E-state index >= 15 is 0 Å². The van der Waals surface area contributed by atoms with Gasteiger partial charge in [0.25, 0.3) is 0 Å². The monoisotopic (exact) mass is 444 g/mol. The predicted molar refractivity (Wildman–Crippen MR) is 109 cm³/mol. The van der Waals surface area contributed by atoms with Crippen molar-refractivity contribution in [1.29, 1.82) is 0 Å². The zero-order valence-corrected chi connectivity index (χ0v) is 16.7. The van der Waals surface area contributed by atoms with Crippen molar-refractivity contribution in [2.45, 2.75) is 30.7 Å². The molecule has 10 nitrogen and oxygen atoms in total. The molecule has 5 atom stereocenters. The summed E-state index contributed by atoms with van der Waals surface area (Å²) < 4.78 is 21.3. The lowest BCUT2D eigenvalue weighted by molar-refractivity contribution is -0.271. The molecule has 0 amide bonds. The lowest BCUT2D eigenvalue weighted by Crippen LogP contribution is -2.61. The molecule has 4 rings (SSSR count). The Labute approximate surface area is 180 Å². The zero-order valence-electron chi connectivity index (χ0n) is 16.7. The maximum absolute atomic E-state index is 12.9. The molecule has 0 bridgehead atoms. The number of aliphatic carboxylic acids is 1. The first-order valence-corrected chi connectivity index (χ1v) is 9.59. The smallest absolute Gasteiger partial charge is 0.335 e. The van der Waals surface area contributed by atoms with Crippen LogP contribution in [0, 0.1) is 0 Å². The highest BCUT2D eigenvalue weighted by Crippen LogP contribution is 2.28. The first-order chi connectivity index (χ1) is 15.3. The fourth-order valence-corrected chi connectivity index (χ4v) is 3.44. The summed E-state index contributed by atoms with van der Waals surface area (Å²) in [5, 5.41) is 39.1. The van der Waals surface area contributed by atoms with Gasteiger partial charge in [0.1, 0.15) is 41.7 Å². The molecule has 3 aromatic rings. The first kappa shape index (κ1) is 21.8. The summed E-state index contributed by atoms with van der Waals surface area (Å²) in [6.45, 7) is 0. The zero-order chi connectivity index (χ0) is 23.0. The number of aliphatic hydroxyl groups is 3. The second-order valence-electron chi connectivity index (χ2n) is 7.22. The summed E-state index contributed by atoms with van der Waals surface area (Å²) >= 11 is 0. The van der Waals surface area contributed by atoms with Crippen molar-refractivity contribution in [1.82, 2.24) is 0 Å². The number of hydrogen-bond acceptors (Lipinski definition) is 9. The standard InChI is InChI=1S/C22H20O10/c1-29-11-4-2-10(3-5-11)14-9-30-15-8-12(6-7-13(15)16(14)23)31-22-19(26)17(24)18(25)20(32-22)21(27)28/h2-9,17-20,22,24-26H,1H3,(H,27,28)/t17-,18-,19-,20+,22+/m0/s1. The quantitative estimate of drug-likeness (QED) is 0.443. The summed E-state index contributed by atoms with van der Waals surface area (Å²) in [7, 11) is 1.54. The van der Waals surface area contributed by atoms with Crippen LogP contribution >= 0.6 is 0 Å². The second kappa shape index (κ2) is 8.60. The fourth-order valence-electron chi connectivity index (χ4n) is 3.44. The number of fused-ring (bicyclic) bond motifs is 1. The van der Waals surface area contributed by atoms with Crippen LogP contribution in [0.2, 0.25) is 0 Å². The van der Waals surface area contributed by atoms with Crippen molar-refractivity contribution in [3.63, 3.8) is 0 Å². The predicted octanol–water partition coefficient (Wildman–Crippen LogP) is 0.740. The van der Waals surface area contributed by atoms with Gasteiger partial charge in [0.05, 0.1) is 18.1 Å². The lowest BCUT2D eigenvalue weighted by Gasteiger charge is -2.38. The van der Waals surface area contributed by atoms with Crippen molar-refractivity contribution >= 4 is 16.9 Å². The minimum atomic E-state index is -1.83. The average molecular weight is 444 g/mol. The van der Waals surface area contributed by atoms with Crippen LogP contribution in [0.1, 0.15) is 0 Å². The molecule has 1 aliphatic heterocycles. The summed E-state index contributed by atoms with van der Waals surface area (Å²) in [6, 6.07) is 11.2. The first-order valence-electron chi connectivity index (χ1n) is 9.59. The van der Waals surface area contributed by atoms with Crippen LogP contribution in [0.3, 0.4) is 0 Å². The van der Waals surface area contributed by atoms with Crippen LogP contribution in [0.25, 0.3) is 22.1 Å². The van der Waals surface area contributed by atoms with E-state index in [-0.39, 0.29) is 22.1 Å². The Balaban J connectivity index is 1.61. The number of carboxylic acids is 1. The molecule has 0 saturated carbocycles. The van der Waals surface area contributed by atoms with Crippen LogP contribution in [0.4, 0.5) is 0 Å². The molecule has 1 aromatic heterocycles. The molecular formula is C22H20O10. The van der Waals surface area contributed by atoms with Gasteiger partial charge in [-0.3, -0.25) is 4.79 Å². The highest BCUT2D eigenvalue weighted by molar-refractivity contribution is 5.82. The molecule has 1 aliphatic rings. The van der Waals surface area contributed by atoms with Crippen LogP contribution in [0.5, 0.6) is 11.5 Å². The van der Waals surface area contributed by atoms with E-state index in [1.807, 2.05) is 0 Å². The molecule has 0 unspecified atom stereocenters. The second-order valence-corrected chi connectivity index (χ2v) is 7.22. The Morgan fingerprint density at radius 2 is 1.66 bits per heavy atom. The highest BCUT2D eigenvalue weighted by atomic mass is 16.7. The highest BCUT2D eigenvalue weighted by Gasteiger charge is 2.48. The summed E-state index contributed by atoms with van der Waals surface area (Å²) in [6.07, 6.45) is -7.38. The van der Waals surface area contributed by atoms with E-state index in [9.17, 15) is 24.9 Å². The van der Waals surface area contributed by atoms with Crippen molar-refractivity contribution in [3.8, 4) is 22.6 Å².